The number of pyridine rings is 1. The zero-order chi connectivity index (χ0) is 12.1. The normalized spacial score (nSPS) is 10.2. The summed E-state index contributed by atoms with van der Waals surface area (Å²) in [5.74, 6) is 1.71. The van der Waals surface area contributed by atoms with Gasteiger partial charge in [-0.15, -0.1) is 0 Å². The van der Waals surface area contributed by atoms with E-state index in [1.807, 2.05) is 31.4 Å². The van der Waals surface area contributed by atoms with Crippen LogP contribution in [0.4, 0.5) is 17.3 Å². The van der Waals surface area contributed by atoms with Crippen LogP contribution in [0.5, 0.6) is 0 Å². The van der Waals surface area contributed by atoms with Crippen LogP contribution in [-0.2, 0) is 7.05 Å². The highest BCUT2D eigenvalue weighted by Gasteiger charge is 1.99. The van der Waals surface area contributed by atoms with Crippen molar-refractivity contribution in [1.82, 2.24) is 14.8 Å². The molecule has 0 amide bonds. The molecule has 17 heavy (non-hydrogen) atoms. The third kappa shape index (κ3) is 3.21. The molecule has 0 aliphatic carbocycles. The van der Waals surface area contributed by atoms with Gasteiger partial charge in [0.1, 0.15) is 11.6 Å². The molecule has 2 rings (SSSR count). The minimum absolute atomic E-state index is 0.819. The molecular weight excluding hydrogens is 214 g/mol. The van der Waals surface area contributed by atoms with E-state index in [9.17, 15) is 0 Å². The van der Waals surface area contributed by atoms with Crippen molar-refractivity contribution in [2.45, 2.75) is 13.3 Å². The van der Waals surface area contributed by atoms with Gasteiger partial charge in [-0.3, -0.25) is 4.68 Å². The molecule has 2 aromatic rings. The Hall–Kier alpha value is -2.04. The van der Waals surface area contributed by atoms with E-state index in [0.29, 0.717) is 0 Å². The van der Waals surface area contributed by atoms with Crippen LogP contribution in [0.1, 0.15) is 13.3 Å². The van der Waals surface area contributed by atoms with Gasteiger partial charge in [-0.05, 0) is 18.6 Å². The highest BCUT2D eigenvalue weighted by molar-refractivity contribution is 5.56. The van der Waals surface area contributed by atoms with Crippen molar-refractivity contribution in [2.24, 2.45) is 7.05 Å². The highest BCUT2D eigenvalue weighted by Crippen LogP contribution is 2.15. The van der Waals surface area contributed by atoms with E-state index in [-0.39, 0.29) is 0 Å². The van der Waals surface area contributed by atoms with Crippen LogP contribution in [0.25, 0.3) is 0 Å². The van der Waals surface area contributed by atoms with E-state index >= 15 is 0 Å². The topological polar surface area (TPSA) is 54.8 Å². The van der Waals surface area contributed by atoms with Gasteiger partial charge in [0, 0.05) is 19.8 Å². The van der Waals surface area contributed by atoms with Gasteiger partial charge in [-0.25, -0.2) is 4.98 Å². The maximum atomic E-state index is 4.46. The molecule has 5 nitrogen and oxygen atoms in total. The van der Waals surface area contributed by atoms with Gasteiger partial charge in [0.05, 0.1) is 11.9 Å². The summed E-state index contributed by atoms with van der Waals surface area (Å²) in [6, 6.07) is 5.87. The number of aromatic nitrogens is 3. The van der Waals surface area contributed by atoms with Crippen molar-refractivity contribution < 1.29 is 0 Å². The summed E-state index contributed by atoms with van der Waals surface area (Å²) in [5, 5.41) is 10.6. The Balaban J connectivity index is 2.05. The van der Waals surface area contributed by atoms with Gasteiger partial charge < -0.3 is 10.6 Å². The summed E-state index contributed by atoms with van der Waals surface area (Å²) in [6.45, 7) is 3.06. The quantitative estimate of drug-likeness (QED) is 0.829. The van der Waals surface area contributed by atoms with Crippen molar-refractivity contribution in [3.05, 3.63) is 30.6 Å². The van der Waals surface area contributed by atoms with E-state index in [0.717, 1.165) is 30.3 Å². The molecule has 0 aliphatic heterocycles. The third-order valence-electron chi connectivity index (χ3n) is 2.28. The fourth-order valence-corrected chi connectivity index (χ4v) is 1.49. The van der Waals surface area contributed by atoms with Crippen molar-refractivity contribution >= 4 is 17.3 Å². The average molecular weight is 231 g/mol. The molecule has 0 saturated heterocycles. The van der Waals surface area contributed by atoms with Crippen LogP contribution in [-0.4, -0.2) is 21.3 Å². The van der Waals surface area contributed by atoms with Crippen molar-refractivity contribution in [3.8, 4) is 0 Å². The maximum Gasteiger partial charge on any atom is 0.132 e. The fraction of sp³-hybridized carbons (Fsp3) is 0.333. The van der Waals surface area contributed by atoms with Crippen LogP contribution < -0.4 is 10.6 Å². The molecule has 0 radical (unpaired) electrons. The molecule has 2 heterocycles. The Morgan fingerprint density at radius 3 is 2.82 bits per heavy atom. The minimum atomic E-state index is 0.819. The fourth-order valence-electron chi connectivity index (χ4n) is 1.49. The molecule has 0 saturated carbocycles. The van der Waals surface area contributed by atoms with E-state index < -0.39 is 0 Å². The number of hydrogen-bond acceptors (Lipinski definition) is 4. The monoisotopic (exact) mass is 231 g/mol. The molecule has 5 heteroatoms. The number of hydrogen-bond donors (Lipinski definition) is 2. The number of anilines is 3. The lowest BCUT2D eigenvalue weighted by atomic mass is 10.4. The van der Waals surface area contributed by atoms with Gasteiger partial charge in [-0.1, -0.05) is 13.0 Å². The number of nitrogens with zero attached hydrogens (tertiary/aromatic N) is 3. The van der Waals surface area contributed by atoms with E-state index in [1.54, 1.807) is 10.9 Å². The molecular formula is C12H17N5. The molecule has 0 aromatic carbocycles. The third-order valence-corrected chi connectivity index (χ3v) is 2.28. The first-order valence-corrected chi connectivity index (χ1v) is 5.74. The standard InChI is InChI=1S/C12H17N5/c1-3-7-13-11-5-4-6-12(16-11)15-10-8-14-17(2)9-10/h4-6,8-9H,3,7H2,1-2H3,(H2,13,15,16). The summed E-state index contributed by atoms with van der Waals surface area (Å²) in [6.07, 6.45) is 4.77. The lowest BCUT2D eigenvalue weighted by Gasteiger charge is -2.06. The summed E-state index contributed by atoms with van der Waals surface area (Å²) in [5.41, 5.74) is 0.938. The Bertz CT molecular complexity index is 477. The van der Waals surface area contributed by atoms with E-state index in [2.05, 4.69) is 27.6 Å². The lowest BCUT2D eigenvalue weighted by Crippen LogP contribution is -2.03. The van der Waals surface area contributed by atoms with Crippen LogP contribution in [0.3, 0.4) is 0 Å². The second-order valence-corrected chi connectivity index (χ2v) is 3.86. The van der Waals surface area contributed by atoms with E-state index in [1.165, 1.54) is 0 Å². The predicted octanol–water partition coefficient (Wildman–Crippen LogP) is 2.38. The molecule has 0 fully saturated rings. The zero-order valence-electron chi connectivity index (χ0n) is 10.1. The number of aryl methyl sites for hydroxylation is 1. The highest BCUT2D eigenvalue weighted by atomic mass is 15.3. The SMILES string of the molecule is CCCNc1cccc(Nc2cnn(C)c2)n1. The summed E-state index contributed by atoms with van der Waals surface area (Å²) < 4.78 is 1.75. The first-order valence-electron chi connectivity index (χ1n) is 5.74. The second kappa shape index (κ2) is 5.34. The Morgan fingerprint density at radius 2 is 2.12 bits per heavy atom. The molecule has 0 atom stereocenters. The van der Waals surface area contributed by atoms with Gasteiger partial charge in [0.15, 0.2) is 0 Å². The molecule has 0 spiro atoms. The van der Waals surface area contributed by atoms with Gasteiger partial charge in [-0.2, -0.15) is 5.10 Å². The van der Waals surface area contributed by atoms with Crippen LogP contribution >= 0.6 is 0 Å². The second-order valence-electron chi connectivity index (χ2n) is 3.86. The Morgan fingerprint density at radius 1 is 1.29 bits per heavy atom. The molecule has 90 valence electrons. The first-order chi connectivity index (χ1) is 8.28. The van der Waals surface area contributed by atoms with Crippen molar-refractivity contribution in [2.75, 3.05) is 17.2 Å². The van der Waals surface area contributed by atoms with Gasteiger partial charge in [0.2, 0.25) is 0 Å². The summed E-state index contributed by atoms with van der Waals surface area (Å²) in [4.78, 5) is 4.46. The maximum absolute atomic E-state index is 4.46. The van der Waals surface area contributed by atoms with Crippen LogP contribution in [0.2, 0.25) is 0 Å². The predicted molar refractivity (Wildman–Crippen MR) is 69.5 cm³/mol. The lowest BCUT2D eigenvalue weighted by molar-refractivity contribution is 0.768. The van der Waals surface area contributed by atoms with Crippen molar-refractivity contribution in [1.29, 1.82) is 0 Å². The number of nitrogens with one attached hydrogen (secondary N) is 2. The largest absolute Gasteiger partial charge is 0.370 e. The number of rotatable bonds is 5. The van der Waals surface area contributed by atoms with Crippen molar-refractivity contribution in [3.63, 3.8) is 0 Å². The average Bonchev–Trinajstić information content (AvgIpc) is 2.73. The zero-order valence-corrected chi connectivity index (χ0v) is 10.1. The molecule has 2 aromatic heterocycles. The van der Waals surface area contributed by atoms with Gasteiger partial charge in [0.25, 0.3) is 0 Å². The molecule has 0 bridgehead atoms. The summed E-state index contributed by atoms with van der Waals surface area (Å²) >= 11 is 0. The Kier molecular flexibility index (Phi) is 3.59. The Labute approximate surface area is 101 Å². The smallest absolute Gasteiger partial charge is 0.132 e. The van der Waals surface area contributed by atoms with Crippen LogP contribution in [0.15, 0.2) is 30.6 Å². The molecule has 0 unspecified atom stereocenters. The van der Waals surface area contributed by atoms with Gasteiger partial charge >= 0.3 is 0 Å². The summed E-state index contributed by atoms with van der Waals surface area (Å²) in [7, 11) is 1.89. The minimum Gasteiger partial charge on any atom is -0.370 e. The molecule has 0 aliphatic rings. The van der Waals surface area contributed by atoms with E-state index in [4.69, 9.17) is 0 Å². The first kappa shape index (κ1) is 11.4. The molecule has 2 N–H and O–H groups in total. The van der Waals surface area contributed by atoms with Crippen LogP contribution in [0, 0.1) is 0 Å².